The standard InChI is InChI=1S/C29H30N2O9S/c1-31(2)22-21-24(34)18-15(12-41(40)11-13-7-4-3-5-8-13)14-9-6-10-16(32)17(14)23(33)19(18)26(36)29(21,39)27(37)20(25(22)35)28(30)38/h3-10,15,18,21-22,24,32-34,37,39H,11-12H2,1-2H3,(H2,30,38)/t15-,18?,21?,22-,24?,29-,41?/m0/s1. The molecule has 11 nitrogen and oxygen atoms in total. The van der Waals surface area contributed by atoms with Gasteiger partial charge in [0.2, 0.25) is 5.78 Å². The minimum absolute atomic E-state index is 0.114. The van der Waals surface area contributed by atoms with Crippen LogP contribution >= 0.6 is 0 Å². The number of aliphatic hydroxyl groups is 4. The first kappa shape index (κ1) is 28.7. The molecule has 5 rings (SSSR count). The minimum Gasteiger partial charge on any atom is -0.508 e. The van der Waals surface area contributed by atoms with Crippen LogP contribution in [0.2, 0.25) is 0 Å². The maximum Gasteiger partial charge on any atom is 0.255 e. The molecule has 1 fully saturated rings. The highest BCUT2D eigenvalue weighted by Gasteiger charge is 2.68. The monoisotopic (exact) mass is 582 g/mol. The Bertz CT molecular complexity index is 1550. The number of primary amides is 1. The lowest BCUT2D eigenvalue weighted by molar-refractivity contribution is -0.169. The molecule has 0 bridgehead atoms. The normalized spacial score (nSPS) is 30.1. The number of fused-ring (bicyclic) bond motifs is 3. The molecule has 2 aromatic rings. The summed E-state index contributed by atoms with van der Waals surface area (Å²) in [5.41, 5.74) is 1.79. The molecule has 1 saturated carbocycles. The number of ketones is 2. The summed E-state index contributed by atoms with van der Waals surface area (Å²) in [5, 5.41) is 56.8. The zero-order valence-electron chi connectivity index (χ0n) is 22.2. The Labute approximate surface area is 237 Å². The number of phenolic OH excluding ortho intramolecular Hbond substituents is 1. The molecule has 0 radical (unpaired) electrons. The third-order valence-corrected chi connectivity index (χ3v) is 9.72. The lowest BCUT2D eigenvalue weighted by atomic mass is 9.54. The molecule has 3 aliphatic carbocycles. The highest BCUT2D eigenvalue weighted by Crippen LogP contribution is 2.56. The fraction of sp³-hybridized carbons (Fsp3) is 0.345. The fourth-order valence-electron chi connectivity index (χ4n) is 6.61. The number of nitrogens with two attached hydrogens (primary N) is 1. The van der Waals surface area contributed by atoms with Gasteiger partial charge in [0, 0.05) is 39.7 Å². The molecule has 41 heavy (non-hydrogen) atoms. The van der Waals surface area contributed by atoms with E-state index in [1.165, 1.54) is 31.1 Å². The number of carbonyl (C=O) groups is 3. The van der Waals surface area contributed by atoms with Crippen LogP contribution in [0.3, 0.4) is 0 Å². The molecule has 4 unspecified atom stereocenters. The van der Waals surface area contributed by atoms with Crippen molar-refractivity contribution in [3.05, 3.63) is 82.1 Å². The first-order valence-corrected chi connectivity index (χ1v) is 14.3. The molecule has 0 saturated heterocycles. The van der Waals surface area contributed by atoms with E-state index >= 15 is 0 Å². The lowest BCUT2D eigenvalue weighted by Gasteiger charge is -2.54. The molecular weight excluding hydrogens is 552 g/mol. The van der Waals surface area contributed by atoms with Crippen molar-refractivity contribution >= 4 is 34.0 Å². The summed E-state index contributed by atoms with van der Waals surface area (Å²) in [6.07, 6.45) is -1.77. The van der Waals surface area contributed by atoms with Crippen molar-refractivity contribution in [2.24, 2.45) is 17.6 Å². The summed E-state index contributed by atoms with van der Waals surface area (Å²) in [6, 6.07) is 11.9. The van der Waals surface area contributed by atoms with Crippen molar-refractivity contribution in [1.82, 2.24) is 4.90 Å². The van der Waals surface area contributed by atoms with Crippen LogP contribution in [-0.2, 0) is 30.9 Å². The summed E-state index contributed by atoms with van der Waals surface area (Å²) >= 11 is 0. The van der Waals surface area contributed by atoms with Gasteiger partial charge in [0.05, 0.1) is 23.6 Å². The maximum absolute atomic E-state index is 14.2. The van der Waals surface area contributed by atoms with Crippen LogP contribution in [-0.4, -0.2) is 89.7 Å². The molecule has 216 valence electrons. The number of Topliss-reactive ketones (excluding diaryl/α,β-unsaturated/α-hetero) is 2. The third-order valence-electron chi connectivity index (χ3n) is 8.33. The molecule has 7 atom stereocenters. The molecule has 0 aromatic heterocycles. The summed E-state index contributed by atoms with van der Waals surface area (Å²) in [5.74, 6) is -9.96. The van der Waals surface area contributed by atoms with Gasteiger partial charge in [0.15, 0.2) is 11.4 Å². The Morgan fingerprint density at radius 2 is 1.71 bits per heavy atom. The van der Waals surface area contributed by atoms with Gasteiger partial charge < -0.3 is 31.3 Å². The molecule has 3 aliphatic rings. The Balaban J connectivity index is 1.72. The second-order valence-electron chi connectivity index (χ2n) is 10.8. The third kappa shape index (κ3) is 4.21. The van der Waals surface area contributed by atoms with Gasteiger partial charge in [0.1, 0.15) is 22.8 Å². The zero-order chi connectivity index (χ0) is 30.0. The van der Waals surface area contributed by atoms with E-state index < -0.39 is 92.2 Å². The summed E-state index contributed by atoms with van der Waals surface area (Å²) in [7, 11) is 1.30. The van der Waals surface area contributed by atoms with Crippen LogP contribution in [0.1, 0.15) is 22.6 Å². The van der Waals surface area contributed by atoms with Crippen LogP contribution < -0.4 is 5.73 Å². The van der Waals surface area contributed by atoms with Crippen LogP contribution in [0, 0.1) is 11.8 Å². The SMILES string of the molecule is CN(C)[C@@H]1C(=O)C(C(N)=O)=C(O)[C@@]2(O)C(=O)C3=C(O)c4c(O)cccc4[C@H](CS(=O)Cc4ccccc4)C3C(O)C12. The number of phenols is 1. The smallest absolute Gasteiger partial charge is 0.255 e. The topological polar surface area (TPSA) is 199 Å². The largest absolute Gasteiger partial charge is 0.508 e. The average Bonchev–Trinajstić information content (AvgIpc) is 2.90. The number of likely N-dealkylation sites (N-methyl/N-ethyl adjacent to an activating group) is 1. The van der Waals surface area contributed by atoms with Crippen molar-refractivity contribution in [1.29, 1.82) is 0 Å². The second-order valence-corrected chi connectivity index (χ2v) is 12.3. The maximum atomic E-state index is 14.2. The van der Waals surface area contributed by atoms with E-state index in [9.17, 15) is 44.1 Å². The molecule has 0 spiro atoms. The molecule has 2 aromatic carbocycles. The molecule has 1 amide bonds. The average molecular weight is 583 g/mol. The number of aromatic hydroxyl groups is 1. The van der Waals surface area contributed by atoms with E-state index in [1.807, 2.05) is 6.07 Å². The minimum atomic E-state index is -3.01. The van der Waals surface area contributed by atoms with Crippen molar-refractivity contribution in [3.8, 4) is 5.75 Å². The highest BCUT2D eigenvalue weighted by atomic mass is 32.2. The van der Waals surface area contributed by atoms with Crippen LogP contribution in [0.15, 0.2) is 65.4 Å². The quantitative estimate of drug-likeness (QED) is 0.260. The number of hydrogen-bond acceptors (Lipinski definition) is 10. The zero-order valence-corrected chi connectivity index (χ0v) is 23.0. The van der Waals surface area contributed by atoms with E-state index in [0.29, 0.717) is 5.56 Å². The van der Waals surface area contributed by atoms with E-state index in [-0.39, 0.29) is 17.1 Å². The number of hydrogen-bond donors (Lipinski definition) is 6. The highest BCUT2D eigenvalue weighted by molar-refractivity contribution is 7.84. The van der Waals surface area contributed by atoms with Gasteiger partial charge in [-0.3, -0.25) is 23.5 Å². The summed E-state index contributed by atoms with van der Waals surface area (Å²) in [6.45, 7) is 0. The number of rotatable bonds is 6. The number of nitrogens with zero attached hydrogens (tertiary/aromatic N) is 1. The number of aliphatic hydroxyl groups excluding tert-OH is 3. The van der Waals surface area contributed by atoms with Crippen LogP contribution in [0.25, 0.3) is 5.76 Å². The van der Waals surface area contributed by atoms with Crippen molar-refractivity contribution in [3.63, 3.8) is 0 Å². The van der Waals surface area contributed by atoms with Gasteiger partial charge in [-0.05, 0) is 31.3 Å². The molecule has 0 aliphatic heterocycles. The first-order valence-electron chi connectivity index (χ1n) is 12.9. The number of amides is 1. The predicted molar refractivity (Wildman–Crippen MR) is 148 cm³/mol. The summed E-state index contributed by atoms with van der Waals surface area (Å²) < 4.78 is 13.5. The Hall–Kier alpha value is -3.84. The molecular formula is C29H30N2O9S. The van der Waals surface area contributed by atoms with Gasteiger partial charge >= 0.3 is 0 Å². The van der Waals surface area contributed by atoms with Gasteiger partial charge in [0.25, 0.3) is 5.91 Å². The van der Waals surface area contributed by atoms with Gasteiger partial charge in [-0.25, -0.2) is 0 Å². The van der Waals surface area contributed by atoms with E-state index in [4.69, 9.17) is 5.73 Å². The lowest BCUT2D eigenvalue weighted by Crippen LogP contribution is -2.70. The Morgan fingerprint density at radius 3 is 2.32 bits per heavy atom. The van der Waals surface area contributed by atoms with Crippen LogP contribution in [0.5, 0.6) is 5.75 Å². The molecule has 12 heteroatoms. The second kappa shape index (κ2) is 10.2. The number of carbonyl (C=O) groups excluding carboxylic acids is 3. The van der Waals surface area contributed by atoms with E-state index in [2.05, 4.69) is 0 Å². The fourth-order valence-corrected chi connectivity index (χ4v) is 8.08. The summed E-state index contributed by atoms with van der Waals surface area (Å²) in [4.78, 5) is 41.0. The van der Waals surface area contributed by atoms with Crippen molar-refractivity contribution < 1.29 is 44.1 Å². The van der Waals surface area contributed by atoms with Gasteiger partial charge in [-0.2, -0.15) is 0 Å². The van der Waals surface area contributed by atoms with E-state index in [1.54, 1.807) is 30.3 Å². The van der Waals surface area contributed by atoms with Crippen molar-refractivity contribution in [2.45, 2.75) is 29.4 Å². The Kier molecular flexibility index (Phi) is 7.14. The molecule has 7 N–H and O–H groups in total. The van der Waals surface area contributed by atoms with Gasteiger partial charge in [-0.15, -0.1) is 0 Å². The predicted octanol–water partition coefficient (Wildman–Crippen LogP) is 0.425. The molecule has 0 heterocycles. The van der Waals surface area contributed by atoms with Crippen molar-refractivity contribution in [2.75, 3.05) is 19.8 Å². The Morgan fingerprint density at radius 1 is 1.05 bits per heavy atom. The van der Waals surface area contributed by atoms with E-state index in [0.717, 1.165) is 5.56 Å². The first-order chi connectivity index (χ1) is 19.3. The van der Waals surface area contributed by atoms with Gasteiger partial charge in [-0.1, -0.05) is 42.5 Å². The van der Waals surface area contributed by atoms with Crippen LogP contribution in [0.4, 0.5) is 0 Å². The number of benzene rings is 2.